The van der Waals surface area contributed by atoms with Crippen LogP contribution in [0.1, 0.15) is 12.0 Å². The molecule has 0 saturated carbocycles. The number of benzene rings is 1. The Balaban J connectivity index is 0.00000341. The number of pyridine rings is 1. The normalized spacial score (nSPS) is 16.7. The Morgan fingerprint density at radius 2 is 2.00 bits per heavy atom. The van der Waals surface area contributed by atoms with Crippen LogP contribution in [0.5, 0.6) is 0 Å². The van der Waals surface area contributed by atoms with E-state index in [4.69, 9.17) is 0 Å². The highest BCUT2D eigenvalue weighted by atomic mass is 127. The number of aromatic nitrogens is 1. The number of nitrogens with one attached hydrogen (secondary N) is 3. The molecule has 1 saturated heterocycles. The van der Waals surface area contributed by atoms with Crippen molar-refractivity contribution in [2.45, 2.75) is 24.3 Å². The summed E-state index contributed by atoms with van der Waals surface area (Å²) in [6.07, 6.45) is 2.40. The van der Waals surface area contributed by atoms with Crippen molar-refractivity contribution in [3.8, 4) is 0 Å². The SMILES string of the molecule is CN=C(NCCNS(=O)(=O)c1ccc(C)cc1)NC1CCN(c2ncccc2F)C1.I. The zero-order valence-corrected chi connectivity index (χ0v) is 20.7. The number of rotatable bonds is 7. The van der Waals surface area contributed by atoms with Gasteiger partial charge in [0.05, 0.1) is 4.90 Å². The molecule has 0 aliphatic carbocycles. The van der Waals surface area contributed by atoms with Gasteiger partial charge in [-0.15, -0.1) is 24.0 Å². The van der Waals surface area contributed by atoms with Crippen molar-refractivity contribution in [3.63, 3.8) is 0 Å². The highest BCUT2D eigenvalue weighted by Crippen LogP contribution is 2.20. The summed E-state index contributed by atoms with van der Waals surface area (Å²) in [7, 11) is -1.90. The molecule has 1 unspecified atom stereocenters. The van der Waals surface area contributed by atoms with Crippen LogP contribution in [-0.2, 0) is 10.0 Å². The average molecular weight is 562 g/mol. The minimum absolute atomic E-state index is 0. The molecule has 0 spiro atoms. The van der Waals surface area contributed by atoms with E-state index in [0.29, 0.717) is 31.4 Å². The van der Waals surface area contributed by atoms with Crippen LogP contribution < -0.4 is 20.3 Å². The topological polar surface area (TPSA) is 98.7 Å². The Morgan fingerprint density at radius 1 is 1.26 bits per heavy atom. The fourth-order valence-corrected chi connectivity index (χ4v) is 4.27. The van der Waals surface area contributed by atoms with Crippen LogP contribution in [-0.4, -0.2) is 58.6 Å². The van der Waals surface area contributed by atoms with Crippen LogP contribution in [0, 0.1) is 12.7 Å². The molecule has 31 heavy (non-hydrogen) atoms. The Bertz CT molecular complexity index is 987. The van der Waals surface area contributed by atoms with Crippen molar-refractivity contribution in [1.82, 2.24) is 20.3 Å². The lowest BCUT2D eigenvalue weighted by Crippen LogP contribution is -2.46. The van der Waals surface area contributed by atoms with E-state index in [2.05, 4.69) is 25.3 Å². The molecular weight excluding hydrogens is 534 g/mol. The maximum Gasteiger partial charge on any atom is 0.240 e. The largest absolute Gasteiger partial charge is 0.355 e. The molecule has 170 valence electrons. The van der Waals surface area contributed by atoms with Crippen molar-refractivity contribution in [1.29, 1.82) is 0 Å². The monoisotopic (exact) mass is 562 g/mol. The second kappa shape index (κ2) is 11.6. The smallest absolute Gasteiger partial charge is 0.240 e. The van der Waals surface area contributed by atoms with E-state index in [1.165, 1.54) is 6.07 Å². The standard InChI is InChI=1S/C20H27FN6O2S.HI/c1-15-5-7-17(8-6-15)30(28,29)25-12-11-24-20(22-2)26-16-9-13-27(14-16)19-18(21)4-3-10-23-19;/h3-8,10,16,25H,9,11-14H2,1-2H3,(H2,22,24,26);1H. The van der Waals surface area contributed by atoms with Crippen molar-refractivity contribution in [3.05, 3.63) is 54.0 Å². The zero-order chi connectivity index (χ0) is 21.6. The summed E-state index contributed by atoms with van der Waals surface area (Å²) < 4.78 is 41.1. The fourth-order valence-electron chi connectivity index (χ4n) is 3.24. The molecule has 0 bridgehead atoms. The van der Waals surface area contributed by atoms with Crippen LogP contribution in [0.4, 0.5) is 10.2 Å². The van der Waals surface area contributed by atoms with Gasteiger partial charge in [0.25, 0.3) is 0 Å². The van der Waals surface area contributed by atoms with Crippen LogP contribution in [0.15, 0.2) is 52.5 Å². The van der Waals surface area contributed by atoms with E-state index in [9.17, 15) is 12.8 Å². The Kier molecular flexibility index (Phi) is 9.44. The number of aryl methyl sites for hydroxylation is 1. The number of sulfonamides is 1. The summed E-state index contributed by atoms with van der Waals surface area (Å²) in [5, 5.41) is 6.39. The molecule has 0 amide bonds. The van der Waals surface area contributed by atoms with E-state index in [-0.39, 0.29) is 47.3 Å². The minimum atomic E-state index is -3.55. The Labute approximate surface area is 199 Å². The van der Waals surface area contributed by atoms with Gasteiger partial charge in [0.15, 0.2) is 17.6 Å². The van der Waals surface area contributed by atoms with Crippen LogP contribution in [0.3, 0.4) is 0 Å². The zero-order valence-electron chi connectivity index (χ0n) is 17.5. The highest BCUT2D eigenvalue weighted by molar-refractivity contribution is 14.0. The number of nitrogens with zero attached hydrogens (tertiary/aromatic N) is 3. The molecule has 1 aromatic heterocycles. The number of halogens is 2. The highest BCUT2D eigenvalue weighted by Gasteiger charge is 2.25. The second-order valence-electron chi connectivity index (χ2n) is 7.09. The molecule has 8 nitrogen and oxygen atoms in total. The van der Waals surface area contributed by atoms with Gasteiger partial charge in [-0.25, -0.2) is 22.5 Å². The summed E-state index contributed by atoms with van der Waals surface area (Å²) in [5.74, 6) is 0.592. The van der Waals surface area contributed by atoms with Gasteiger partial charge in [0, 0.05) is 45.5 Å². The number of anilines is 1. The lowest BCUT2D eigenvalue weighted by molar-refractivity contribution is 0.579. The summed E-state index contributed by atoms with van der Waals surface area (Å²) in [4.78, 5) is 10.4. The first-order chi connectivity index (χ1) is 14.4. The molecule has 2 heterocycles. The fraction of sp³-hybridized carbons (Fsp3) is 0.400. The molecule has 1 aliphatic heterocycles. The Morgan fingerprint density at radius 3 is 2.68 bits per heavy atom. The van der Waals surface area contributed by atoms with Gasteiger partial charge in [-0.3, -0.25) is 4.99 Å². The summed E-state index contributed by atoms with van der Waals surface area (Å²) in [5.41, 5.74) is 1.00. The lowest BCUT2D eigenvalue weighted by atomic mass is 10.2. The van der Waals surface area contributed by atoms with Gasteiger partial charge in [-0.05, 0) is 37.6 Å². The number of hydrogen-bond acceptors (Lipinski definition) is 5. The van der Waals surface area contributed by atoms with Crippen LogP contribution in [0.2, 0.25) is 0 Å². The van der Waals surface area contributed by atoms with Gasteiger partial charge in [-0.2, -0.15) is 0 Å². The van der Waals surface area contributed by atoms with E-state index in [0.717, 1.165) is 12.0 Å². The van der Waals surface area contributed by atoms with E-state index in [1.54, 1.807) is 43.6 Å². The van der Waals surface area contributed by atoms with Crippen LogP contribution in [0.25, 0.3) is 0 Å². The van der Waals surface area contributed by atoms with Crippen molar-refractivity contribution in [2.75, 3.05) is 38.1 Å². The average Bonchev–Trinajstić information content (AvgIpc) is 3.19. The summed E-state index contributed by atoms with van der Waals surface area (Å²) >= 11 is 0. The first-order valence-corrected chi connectivity index (χ1v) is 11.3. The molecule has 1 atom stereocenters. The van der Waals surface area contributed by atoms with E-state index < -0.39 is 10.0 Å². The maximum absolute atomic E-state index is 13.9. The summed E-state index contributed by atoms with van der Waals surface area (Å²) in [6, 6.07) is 9.76. The van der Waals surface area contributed by atoms with Gasteiger partial charge >= 0.3 is 0 Å². The molecule has 1 aliphatic rings. The van der Waals surface area contributed by atoms with Gasteiger partial charge in [-0.1, -0.05) is 17.7 Å². The molecule has 3 rings (SSSR count). The van der Waals surface area contributed by atoms with Crippen molar-refractivity contribution < 1.29 is 12.8 Å². The molecule has 3 N–H and O–H groups in total. The number of aliphatic imine (C=N–C) groups is 1. The van der Waals surface area contributed by atoms with Gasteiger partial charge in [0.1, 0.15) is 0 Å². The molecule has 0 radical (unpaired) electrons. The van der Waals surface area contributed by atoms with E-state index in [1.807, 2.05) is 11.8 Å². The Hall–Kier alpha value is -1.99. The predicted molar refractivity (Wildman–Crippen MR) is 131 cm³/mol. The third-order valence-corrected chi connectivity index (χ3v) is 6.31. The molecule has 1 fully saturated rings. The number of hydrogen-bond donors (Lipinski definition) is 3. The lowest BCUT2D eigenvalue weighted by Gasteiger charge is -2.20. The molecule has 1 aromatic carbocycles. The quantitative estimate of drug-likeness (QED) is 0.206. The molecular formula is C20H28FIN6O2S. The van der Waals surface area contributed by atoms with Gasteiger partial charge < -0.3 is 15.5 Å². The van der Waals surface area contributed by atoms with Crippen molar-refractivity contribution in [2.24, 2.45) is 4.99 Å². The maximum atomic E-state index is 13.9. The predicted octanol–water partition coefficient (Wildman–Crippen LogP) is 1.87. The van der Waals surface area contributed by atoms with Crippen LogP contribution >= 0.6 is 24.0 Å². The molecule has 2 aromatic rings. The third-order valence-electron chi connectivity index (χ3n) is 4.83. The van der Waals surface area contributed by atoms with Crippen molar-refractivity contribution >= 4 is 45.8 Å². The van der Waals surface area contributed by atoms with E-state index >= 15 is 0 Å². The minimum Gasteiger partial charge on any atom is -0.355 e. The molecule has 11 heteroatoms. The van der Waals surface area contributed by atoms with Gasteiger partial charge in [0.2, 0.25) is 10.0 Å². The second-order valence-corrected chi connectivity index (χ2v) is 8.86. The number of guanidine groups is 1. The first-order valence-electron chi connectivity index (χ1n) is 9.78. The third kappa shape index (κ3) is 7.01. The first kappa shape index (κ1) is 25.3. The summed E-state index contributed by atoms with van der Waals surface area (Å²) in [6.45, 7) is 3.79.